The van der Waals surface area contributed by atoms with E-state index >= 15 is 0 Å². The summed E-state index contributed by atoms with van der Waals surface area (Å²) in [6, 6.07) is 20.3. The second-order valence-corrected chi connectivity index (χ2v) is 14.6. The summed E-state index contributed by atoms with van der Waals surface area (Å²) < 4.78 is 26.1. The first kappa shape index (κ1) is 29.9. The maximum atomic E-state index is 14.0. The van der Waals surface area contributed by atoms with Crippen LogP contribution in [0.2, 0.25) is 0 Å². The molecular weight excluding hydrogens is 642 g/mol. The number of carbonyl (C=O) groups is 3. The molecule has 2 bridgehead atoms. The molecule has 3 amide bonds. The number of fused-ring (bicyclic) bond motifs is 9. The van der Waals surface area contributed by atoms with Crippen LogP contribution >= 0.6 is 23.1 Å². The highest BCUT2D eigenvalue weighted by Crippen LogP contribution is 2.69. The number of imide groups is 1. The molecule has 1 N–H and O–H groups in total. The summed E-state index contributed by atoms with van der Waals surface area (Å²) >= 11 is 2.68. The fraction of sp³-hybridized carbons (Fsp3) is 0.314. The molecule has 9 nitrogen and oxygen atoms in total. The van der Waals surface area contributed by atoms with Crippen molar-refractivity contribution >= 4 is 52.2 Å². The summed E-state index contributed by atoms with van der Waals surface area (Å²) in [5.41, 5.74) is 1.93. The normalized spacial score (nSPS) is 27.0. The Balaban J connectivity index is 1.20. The van der Waals surface area contributed by atoms with Gasteiger partial charge < -0.3 is 14.8 Å². The van der Waals surface area contributed by atoms with Gasteiger partial charge >= 0.3 is 4.87 Å². The molecule has 4 aliphatic rings. The molecule has 7 atom stereocenters. The molecule has 3 aromatic carbocycles. The smallest absolute Gasteiger partial charge is 0.308 e. The Bertz CT molecular complexity index is 1980. The summed E-state index contributed by atoms with van der Waals surface area (Å²) in [7, 11) is 3.15. The summed E-state index contributed by atoms with van der Waals surface area (Å²) in [6.45, 7) is -0.218. The molecule has 0 radical (unpaired) electrons. The van der Waals surface area contributed by atoms with Crippen molar-refractivity contribution < 1.29 is 28.2 Å². The Morgan fingerprint density at radius 1 is 0.915 bits per heavy atom. The fourth-order valence-corrected chi connectivity index (χ4v) is 11.5. The highest BCUT2D eigenvalue weighted by molar-refractivity contribution is 8.00. The molecule has 1 aromatic heterocycles. The maximum Gasteiger partial charge on any atom is 0.308 e. The number of carbonyl (C=O) groups excluding carboxylic acids is 3. The van der Waals surface area contributed by atoms with Gasteiger partial charge in [0, 0.05) is 21.7 Å². The molecule has 240 valence electrons. The van der Waals surface area contributed by atoms with E-state index in [0.29, 0.717) is 27.9 Å². The predicted molar refractivity (Wildman–Crippen MR) is 176 cm³/mol. The standard InChI is InChI=1S/C35H30FN3O6S2/c1-44-23-13-8-17(14-24(23)45-2)26-27-21-15-22(29-28(21)32(41)39(33(29)42)20-6-4-3-5-7-20)30(27)46-34-31(26)47-35(43)38(34)16-25(40)37-19-11-9-18(36)10-12-19/h3-14,21-22,26-30H,15-16H2,1-2H3,(H,37,40). The van der Waals surface area contributed by atoms with Crippen molar-refractivity contribution in [2.75, 3.05) is 24.4 Å². The molecule has 2 saturated carbocycles. The number of ether oxygens (including phenoxy) is 2. The van der Waals surface area contributed by atoms with Crippen molar-refractivity contribution in [3.63, 3.8) is 0 Å². The SMILES string of the molecule is COc1ccc(C2c3sc(=O)n(CC(=O)Nc4ccc(F)cc4)c3SC3C4CC(C5C(=O)N(c6ccccc6)C(=O)C45)C23)cc1OC. The van der Waals surface area contributed by atoms with Crippen LogP contribution in [0.25, 0.3) is 0 Å². The van der Waals surface area contributed by atoms with Gasteiger partial charge in [0.2, 0.25) is 17.7 Å². The van der Waals surface area contributed by atoms with Crippen LogP contribution < -0.4 is 24.6 Å². The lowest BCUT2D eigenvalue weighted by atomic mass is 9.68. The van der Waals surface area contributed by atoms with Crippen molar-refractivity contribution in [1.29, 1.82) is 0 Å². The topological polar surface area (TPSA) is 107 Å². The number of nitrogens with one attached hydrogen (secondary N) is 1. The van der Waals surface area contributed by atoms with E-state index in [1.807, 2.05) is 36.4 Å². The number of thiazole rings is 1. The number of methoxy groups -OCH3 is 2. The summed E-state index contributed by atoms with van der Waals surface area (Å²) in [6.07, 6.45) is 0.742. The zero-order valence-corrected chi connectivity index (χ0v) is 27.1. The van der Waals surface area contributed by atoms with E-state index in [2.05, 4.69) is 5.32 Å². The van der Waals surface area contributed by atoms with Gasteiger partial charge in [-0.3, -0.25) is 28.6 Å². The number of hydrogen-bond donors (Lipinski definition) is 1. The minimum absolute atomic E-state index is 0.0242. The van der Waals surface area contributed by atoms with E-state index in [9.17, 15) is 23.6 Å². The van der Waals surface area contributed by atoms with E-state index in [4.69, 9.17) is 9.47 Å². The van der Waals surface area contributed by atoms with Crippen LogP contribution in [0.15, 0.2) is 82.6 Å². The molecule has 2 aliphatic heterocycles. The highest BCUT2D eigenvalue weighted by Gasteiger charge is 2.69. The van der Waals surface area contributed by atoms with Gasteiger partial charge in [0.25, 0.3) is 0 Å². The minimum Gasteiger partial charge on any atom is -0.493 e. The van der Waals surface area contributed by atoms with Gasteiger partial charge in [-0.25, -0.2) is 4.39 Å². The Labute approximate surface area is 277 Å². The highest BCUT2D eigenvalue weighted by atomic mass is 32.2. The van der Waals surface area contributed by atoms with Crippen LogP contribution in [0.4, 0.5) is 15.8 Å². The van der Waals surface area contributed by atoms with Gasteiger partial charge in [-0.1, -0.05) is 35.6 Å². The van der Waals surface area contributed by atoms with E-state index in [-0.39, 0.29) is 52.2 Å². The van der Waals surface area contributed by atoms with Crippen LogP contribution in [0.1, 0.15) is 22.8 Å². The van der Waals surface area contributed by atoms with E-state index < -0.39 is 23.6 Å². The maximum absolute atomic E-state index is 14.0. The number of hydrogen-bond acceptors (Lipinski definition) is 8. The molecule has 47 heavy (non-hydrogen) atoms. The quantitative estimate of drug-likeness (QED) is 0.263. The second-order valence-electron chi connectivity index (χ2n) is 12.4. The third kappa shape index (κ3) is 4.63. The van der Waals surface area contributed by atoms with Crippen molar-refractivity contribution in [1.82, 2.24) is 4.57 Å². The van der Waals surface area contributed by atoms with Crippen molar-refractivity contribution in [3.05, 3.63) is 98.7 Å². The molecule has 0 spiro atoms. The summed E-state index contributed by atoms with van der Waals surface area (Å²) in [5, 5.41) is 3.41. The largest absolute Gasteiger partial charge is 0.493 e. The number of aromatic nitrogens is 1. The lowest BCUT2D eigenvalue weighted by Gasteiger charge is -2.43. The van der Waals surface area contributed by atoms with Gasteiger partial charge in [-0.05, 0) is 78.3 Å². The van der Waals surface area contributed by atoms with Crippen molar-refractivity contribution in [2.45, 2.75) is 29.2 Å². The van der Waals surface area contributed by atoms with Crippen LogP contribution in [0.3, 0.4) is 0 Å². The van der Waals surface area contributed by atoms with E-state index in [1.54, 1.807) is 38.1 Å². The molecule has 7 unspecified atom stereocenters. The summed E-state index contributed by atoms with van der Waals surface area (Å²) in [5.74, 6) is -1.30. The lowest BCUT2D eigenvalue weighted by molar-refractivity contribution is -0.123. The molecular formula is C35H30FN3O6S2. The van der Waals surface area contributed by atoms with Crippen molar-refractivity contribution in [3.8, 4) is 11.5 Å². The third-order valence-corrected chi connectivity index (χ3v) is 13.0. The number of halogens is 1. The van der Waals surface area contributed by atoms with Gasteiger partial charge in [0.15, 0.2) is 11.5 Å². The molecule has 8 rings (SSSR count). The first-order chi connectivity index (χ1) is 22.8. The number of para-hydroxylation sites is 1. The first-order valence-corrected chi connectivity index (χ1v) is 17.1. The minimum atomic E-state index is -0.436. The third-order valence-electron chi connectivity index (χ3n) is 10.2. The number of thioether (sulfide) groups is 1. The first-order valence-electron chi connectivity index (χ1n) is 15.4. The summed E-state index contributed by atoms with van der Waals surface area (Å²) in [4.78, 5) is 56.7. The van der Waals surface area contributed by atoms with Crippen LogP contribution in [-0.4, -0.2) is 41.8 Å². The number of nitrogens with zero attached hydrogens (tertiary/aromatic N) is 2. The molecule has 12 heteroatoms. The van der Waals surface area contributed by atoms with E-state index in [1.165, 1.54) is 33.7 Å². The molecule has 3 heterocycles. The average molecular weight is 672 g/mol. The number of amides is 3. The fourth-order valence-electron chi connectivity index (χ4n) is 8.38. The van der Waals surface area contributed by atoms with Gasteiger partial charge in [0.1, 0.15) is 12.4 Å². The molecule has 1 saturated heterocycles. The van der Waals surface area contributed by atoms with Crippen LogP contribution in [-0.2, 0) is 20.9 Å². The predicted octanol–water partition coefficient (Wildman–Crippen LogP) is 5.38. The Hall–Kier alpha value is -4.42. The monoisotopic (exact) mass is 671 g/mol. The zero-order valence-electron chi connectivity index (χ0n) is 25.4. The van der Waals surface area contributed by atoms with Crippen LogP contribution in [0.5, 0.6) is 11.5 Å². The second kappa shape index (κ2) is 11.4. The van der Waals surface area contributed by atoms with Gasteiger partial charge in [0.05, 0.1) is 36.8 Å². The number of anilines is 2. The molecule has 3 fully saturated rings. The lowest BCUT2D eigenvalue weighted by Crippen LogP contribution is -2.43. The average Bonchev–Trinajstić information content (AvgIpc) is 3.80. The Kier molecular flexibility index (Phi) is 7.25. The molecule has 2 aliphatic carbocycles. The van der Waals surface area contributed by atoms with Crippen molar-refractivity contribution in [2.24, 2.45) is 29.6 Å². The Morgan fingerprint density at radius 3 is 2.32 bits per heavy atom. The van der Waals surface area contributed by atoms with Crippen LogP contribution in [0, 0.1) is 35.4 Å². The Morgan fingerprint density at radius 2 is 1.62 bits per heavy atom. The van der Waals surface area contributed by atoms with Gasteiger partial charge in [-0.15, -0.1) is 11.8 Å². The number of benzene rings is 3. The zero-order chi connectivity index (χ0) is 32.6. The number of rotatable bonds is 7. The molecule has 4 aromatic rings. The van der Waals surface area contributed by atoms with E-state index in [0.717, 1.165) is 28.2 Å². The van der Waals surface area contributed by atoms with Gasteiger partial charge in [-0.2, -0.15) is 0 Å².